The Morgan fingerprint density at radius 1 is 1.17 bits per heavy atom. The molecule has 3 heterocycles. The number of rotatable bonds is 8. The minimum atomic E-state index is -0.273. The number of aromatic nitrogens is 5. The molecule has 0 atom stereocenters. The number of carbonyl (C=O) groups excluding carboxylic acids is 1. The number of primary amides is 1. The molecular weight excluding hydrogens is 376 g/mol. The number of fused-ring (bicyclic) bond motifs is 1. The maximum Gasteiger partial charge on any atom is 0.217 e. The second-order valence-corrected chi connectivity index (χ2v) is 7.94. The highest BCUT2D eigenvalue weighted by Gasteiger charge is 2.28. The largest absolute Gasteiger partial charge is 0.370 e. The zero-order valence-corrected chi connectivity index (χ0v) is 16.7. The van der Waals surface area contributed by atoms with Crippen molar-refractivity contribution in [3.63, 3.8) is 0 Å². The van der Waals surface area contributed by atoms with Crippen LogP contribution in [0.3, 0.4) is 0 Å². The predicted octanol–water partition coefficient (Wildman–Crippen LogP) is 3.49. The van der Waals surface area contributed by atoms with Gasteiger partial charge in [-0.1, -0.05) is 24.3 Å². The van der Waals surface area contributed by atoms with Crippen molar-refractivity contribution in [1.29, 1.82) is 0 Å². The molecule has 1 aliphatic rings. The zero-order valence-electron chi connectivity index (χ0n) is 16.7. The van der Waals surface area contributed by atoms with Crippen LogP contribution < -0.4 is 5.73 Å². The van der Waals surface area contributed by atoms with Crippen molar-refractivity contribution in [2.75, 3.05) is 0 Å². The van der Waals surface area contributed by atoms with Gasteiger partial charge in [0.05, 0.1) is 24.0 Å². The molecule has 7 heteroatoms. The number of hydrogen-bond acceptors (Lipinski definition) is 4. The van der Waals surface area contributed by atoms with E-state index in [2.05, 4.69) is 40.5 Å². The molecule has 30 heavy (non-hydrogen) atoms. The van der Waals surface area contributed by atoms with Crippen LogP contribution in [0.1, 0.15) is 42.7 Å². The molecule has 5 rings (SSSR count). The lowest BCUT2D eigenvalue weighted by atomic mass is 10.0. The number of pyridine rings is 1. The summed E-state index contributed by atoms with van der Waals surface area (Å²) in [5, 5.41) is 8.81. The van der Waals surface area contributed by atoms with Gasteiger partial charge in [-0.3, -0.25) is 14.2 Å². The molecule has 7 nitrogen and oxygen atoms in total. The average molecular weight is 400 g/mol. The highest BCUT2D eigenvalue weighted by molar-refractivity contribution is 5.83. The van der Waals surface area contributed by atoms with E-state index in [-0.39, 0.29) is 5.91 Å². The van der Waals surface area contributed by atoms with Crippen LogP contribution in [-0.2, 0) is 17.9 Å². The Kier molecular flexibility index (Phi) is 4.78. The van der Waals surface area contributed by atoms with E-state index in [1.807, 2.05) is 27.8 Å². The van der Waals surface area contributed by atoms with Crippen LogP contribution in [0.5, 0.6) is 0 Å². The number of carbonyl (C=O) groups is 1. The second kappa shape index (κ2) is 7.74. The quantitative estimate of drug-likeness (QED) is 0.490. The van der Waals surface area contributed by atoms with Crippen LogP contribution in [0.4, 0.5) is 0 Å². The first-order valence-electron chi connectivity index (χ1n) is 10.4. The van der Waals surface area contributed by atoms with Crippen molar-refractivity contribution in [3.05, 3.63) is 66.1 Å². The first-order valence-corrected chi connectivity index (χ1v) is 10.4. The number of benzene rings is 1. The number of amides is 1. The van der Waals surface area contributed by atoms with Crippen LogP contribution in [0.2, 0.25) is 0 Å². The van der Waals surface area contributed by atoms with E-state index in [0.717, 1.165) is 28.8 Å². The fraction of sp³-hybridized carbons (Fsp3) is 0.304. The number of nitrogens with zero attached hydrogens (tertiary/aromatic N) is 5. The van der Waals surface area contributed by atoms with Crippen LogP contribution >= 0.6 is 0 Å². The second-order valence-electron chi connectivity index (χ2n) is 7.94. The van der Waals surface area contributed by atoms with Crippen molar-refractivity contribution in [3.8, 4) is 11.3 Å². The van der Waals surface area contributed by atoms with E-state index >= 15 is 0 Å². The van der Waals surface area contributed by atoms with Crippen molar-refractivity contribution >= 4 is 16.9 Å². The third-order valence-electron chi connectivity index (χ3n) is 5.59. The Morgan fingerprint density at radius 2 is 2.00 bits per heavy atom. The summed E-state index contributed by atoms with van der Waals surface area (Å²) in [4.78, 5) is 16.0. The van der Waals surface area contributed by atoms with Gasteiger partial charge in [0.2, 0.25) is 5.91 Å². The Morgan fingerprint density at radius 3 is 2.70 bits per heavy atom. The van der Waals surface area contributed by atoms with Gasteiger partial charge in [0.25, 0.3) is 0 Å². The summed E-state index contributed by atoms with van der Waals surface area (Å²) in [6.45, 7) is 1.43. The molecule has 0 aliphatic heterocycles. The van der Waals surface area contributed by atoms with E-state index in [0.29, 0.717) is 25.3 Å². The first-order chi connectivity index (χ1) is 14.7. The molecular formula is C23H24N6O. The number of nitrogens with two attached hydrogens (primary N) is 1. The molecule has 3 aromatic heterocycles. The minimum Gasteiger partial charge on any atom is -0.370 e. The fourth-order valence-electron chi connectivity index (χ4n) is 3.92. The molecule has 1 fully saturated rings. The van der Waals surface area contributed by atoms with E-state index < -0.39 is 0 Å². The highest BCUT2D eigenvalue weighted by atomic mass is 16.1. The zero-order chi connectivity index (χ0) is 20.5. The van der Waals surface area contributed by atoms with Crippen LogP contribution in [0.15, 0.2) is 55.0 Å². The van der Waals surface area contributed by atoms with Crippen molar-refractivity contribution in [1.82, 2.24) is 24.5 Å². The lowest BCUT2D eigenvalue weighted by molar-refractivity contribution is -0.118. The maximum absolute atomic E-state index is 11.1. The van der Waals surface area contributed by atoms with Crippen LogP contribution in [-0.4, -0.2) is 30.5 Å². The molecule has 1 amide bonds. The van der Waals surface area contributed by atoms with Gasteiger partial charge in [-0.25, -0.2) is 4.98 Å². The molecule has 4 aromatic rings. The lowest BCUT2D eigenvalue weighted by Crippen LogP contribution is -2.12. The smallest absolute Gasteiger partial charge is 0.217 e. The average Bonchev–Trinajstić information content (AvgIpc) is 3.32. The molecule has 152 valence electrons. The van der Waals surface area contributed by atoms with Crippen LogP contribution in [0, 0.1) is 0 Å². The van der Waals surface area contributed by atoms with E-state index in [4.69, 9.17) is 10.7 Å². The Hall–Kier alpha value is -3.48. The molecule has 2 N–H and O–H groups in total. The van der Waals surface area contributed by atoms with Gasteiger partial charge in [-0.05, 0) is 48.4 Å². The van der Waals surface area contributed by atoms with Gasteiger partial charge >= 0.3 is 0 Å². The SMILES string of the molecule is NC(=O)CCCn1ncc2nc(-c3ccc(Cn4cccn4)cc3)cc(C3CC3)c21. The first kappa shape index (κ1) is 18.5. The maximum atomic E-state index is 11.1. The Balaban J connectivity index is 1.44. The summed E-state index contributed by atoms with van der Waals surface area (Å²) in [5.74, 6) is 0.297. The summed E-state index contributed by atoms with van der Waals surface area (Å²) < 4.78 is 3.90. The van der Waals surface area contributed by atoms with Crippen molar-refractivity contribution in [2.24, 2.45) is 5.73 Å². The Labute approximate surface area is 174 Å². The van der Waals surface area contributed by atoms with Gasteiger partial charge < -0.3 is 5.73 Å². The normalized spacial score (nSPS) is 13.7. The van der Waals surface area contributed by atoms with Crippen LogP contribution in [0.25, 0.3) is 22.3 Å². The molecule has 0 spiro atoms. The Bertz CT molecular complexity index is 1170. The molecule has 1 aliphatic carbocycles. The monoisotopic (exact) mass is 400 g/mol. The van der Waals surface area contributed by atoms with Gasteiger partial charge in [-0.15, -0.1) is 0 Å². The van der Waals surface area contributed by atoms with E-state index in [9.17, 15) is 4.79 Å². The molecule has 0 radical (unpaired) electrons. The third kappa shape index (κ3) is 3.83. The fourth-order valence-corrected chi connectivity index (χ4v) is 3.92. The minimum absolute atomic E-state index is 0.273. The molecule has 1 saturated carbocycles. The molecule has 0 unspecified atom stereocenters. The topological polar surface area (TPSA) is 91.6 Å². The number of hydrogen-bond donors (Lipinski definition) is 1. The van der Waals surface area contributed by atoms with Gasteiger partial charge in [0.1, 0.15) is 5.52 Å². The van der Waals surface area contributed by atoms with Gasteiger partial charge in [0, 0.05) is 30.9 Å². The van der Waals surface area contributed by atoms with E-state index in [1.54, 1.807) is 6.20 Å². The summed E-state index contributed by atoms with van der Waals surface area (Å²) in [6, 6.07) is 12.7. The summed E-state index contributed by atoms with van der Waals surface area (Å²) in [7, 11) is 0. The predicted molar refractivity (Wildman–Crippen MR) is 115 cm³/mol. The highest BCUT2D eigenvalue weighted by Crippen LogP contribution is 2.44. The summed E-state index contributed by atoms with van der Waals surface area (Å²) in [6.07, 6.45) is 9.06. The standard InChI is InChI=1S/C23H24N6O/c24-22(30)3-1-12-29-23-19(17-8-9-17)13-20(27-21(23)14-26-29)18-6-4-16(5-7-18)15-28-11-2-10-25-28/h2,4-7,10-11,13-14,17H,1,3,8-9,12,15H2,(H2,24,30). The van der Waals surface area contributed by atoms with E-state index in [1.165, 1.54) is 24.0 Å². The molecule has 0 saturated heterocycles. The molecule has 0 bridgehead atoms. The van der Waals surface area contributed by atoms with Gasteiger partial charge in [-0.2, -0.15) is 10.2 Å². The summed E-state index contributed by atoms with van der Waals surface area (Å²) >= 11 is 0. The summed E-state index contributed by atoms with van der Waals surface area (Å²) in [5.41, 5.74) is 11.9. The third-order valence-corrected chi connectivity index (χ3v) is 5.59. The molecule has 1 aromatic carbocycles. The van der Waals surface area contributed by atoms with Crippen molar-refractivity contribution in [2.45, 2.75) is 44.7 Å². The number of aryl methyl sites for hydroxylation is 1. The van der Waals surface area contributed by atoms with Gasteiger partial charge in [0.15, 0.2) is 0 Å². The van der Waals surface area contributed by atoms with Crippen molar-refractivity contribution < 1.29 is 4.79 Å². The lowest BCUT2D eigenvalue weighted by Gasteiger charge is -2.10.